The molecule has 1 aliphatic rings. The summed E-state index contributed by atoms with van der Waals surface area (Å²) in [6.45, 7) is 0.354. The third kappa shape index (κ3) is 5.91. The summed E-state index contributed by atoms with van der Waals surface area (Å²) < 4.78 is 0. The second-order valence-electron chi connectivity index (χ2n) is 7.41. The number of nitrogens with one attached hydrogen (secondary N) is 2. The van der Waals surface area contributed by atoms with E-state index in [1.54, 1.807) is 24.3 Å². The molecule has 0 heterocycles. The quantitative estimate of drug-likeness (QED) is 0.635. The van der Waals surface area contributed by atoms with Gasteiger partial charge in [0, 0.05) is 24.6 Å². The molecule has 1 aliphatic carbocycles. The molecule has 2 aromatic carbocycles. The van der Waals surface area contributed by atoms with E-state index in [0.29, 0.717) is 18.5 Å². The summed E-state index contributed by atoms with van der Waals surface area (Å²) in [4.78, 5) is 35.7. The first-order valence-electron chi connectivity index (χ1n) is 10.0. The van der Waals surface area contributed by atoms with E-state index in [1.165, 1.54) is 0 Å². The summed E-state index contributed by atoms with van der Waals surface area (Å²) >= 11 is 0. The van der Waals surface area contributed by atoms with Crippen molar-refractivity contribution in [1.29, 1.82) is 0 Å². The van der Waals surface area contributed by atoms with E-state index in [2.05, 4.69) is 10.6 Å². The monoisotopic (exact) mass is 394 g/mol. The van der Waals surface area contributed by atoms with Crippen molar-refractivity contribution in [2.45, 2.75) is 45.1 Å². The molecule has 3 N–H and O–H groups in total. The molecule has 0 atom stereocenters. The Labute approximate surface area is 170 Å². The van der Waals surface area contributed by atoms with Crippen LogP contribution in [0.25, 0.3) is 0 Å². The van der Waals surface area contributed by atoms with Gasteiger partial charge in [-0.1, -0.05) is 43.2 Å². The number of anilines is 1. The summed E-state index contributed by atoms with van der Waals surface area (Å²) in [6.07, 6.45) is 4.70. The molecule has 2 aromatic rings. The lowest BCUT2D eigenvalue weighted by molar-refractivity contribution is -0.121. The van der Waals surface area contributed by atoms with Gasteiger partial charge in [-0.2, -0.15) is 0 Å². The van der Waals surface area contributed by atoms with Gasteiger partial charge >= 0.3 is 5.97 Å². The summed E-state index contributed by atoms with van der Waals surface area (Å²) in [6, 6.07) is 14.2. The number of hydrogen-bond donors (Lipinski definition) is 3. The number of rotatable bonds is 8. The molecule has 6 nitrogen and oxygen atoms in total. The first kappa shape index (κ1) is 20.6. The molecule has 0 unspecified atom stereocenters. The fourth-order valence-electron chi connectivity index (χ4n) is 3.68. The maximum atomic E-state index is 12.3. The highest BCUT2D eigenvalue weighted by atomic mass is 16.4. The Balaban J connectivity index is 1.49. The van der Waals surface area contributed by atoms with E-state index in [9.17, 15) is 19.5 Å². The Bertz CT molecular complexity index is 888. The molecule has 0 radical (unpaired) electrons. The van der Waals surface area contributed by atoms with Crippen LogP contribution in [-0.2, 0) is 22.6 Å². The van der Waals surface area contributed by atoms with Gasteiger partial charge < -0.3 is 15.7 Å². The van der Waals surface area contributed by atoms with Crippen molar-refractivity contribution in [3.8, 4) is 0 Å². The number of carboxylic acids is 1. The zero-order valence-corrected chi connectivity index (χ0v) is 16.3. The molecular weight excluding hydrogens is 368 g/mol. The lowest BCUT2D eigenvalue weighted by Gasteiger charge is -2.12. The van der Waals surface area contributed by atoms with Crippen LogP contribution in [0.2, 0.25) is 0 Å². The molecule has 1 fully saturated rings. The predicted octanol–water partition coefficient (Wildman–Crippen LogP) is 3.76. The van der Waals surface area contributed by atoms with Crippen molar-refractivity contribution in [2.75, 3.05) is 5.32 Å². The van der Waals surface area contributed by atoms with Gasteiger partial charge in [0.15, 0.2) is 0 Å². The van der Waals surface area contributed by atoms with Crippen LogP contribution >= 0.6 is 0 Å². The van der Waals surface area contributed by atoms with Gasteiger partial charge in [-0.3, -0.25) is 9.59 Å². The largest absolute Gasteiger partial charge is 0.478 e. The summed E-state index contributed by atoms with van der Waals surface area (Å²) in [7, 11) is 0. The Morgan fingerprint density at radius 3 is 2.52 bits per heavy atom. The topological polar surface area (TPSA) is 95.5 Å². The van der Waals surface area contributed by atoms with E-state index >= 15 is 0 Å². The van der Waals surface area contributed by atoms with E-state index in [1.807, 2.05) is 24.3 Å². The lowest BCUT2D eigenvalue weighted by Crippen LogP contribution is -2.23. The Kier molecular flexibility index (Phi) is 7.00. The van der Waals surface area contributed by atoms with E-state index in [-0.39, 0.29) is 29.7 Å². The molecule has 6 heteroatoms. The van der Waals surface area contributed by atoms with E-state index in [0.717, 1.165) is 36.9 Å². The second kappa shape index (κ2) is 9.87. The molecule has 152 valence electrons. The van der Waals surface area contributed by atoms with Crippen molar-refractivity contribution in [3.05, 3.63) is 65.2 Å². The van der Waals surface area contributed by atoms with Crippen LogP contribution in [0.5, 0.6) is 0 Å². The third-order valence-electron chi connectivity index (χ3n) is 5.28. The summed E-state index contributed by atoms with van der Waals surface area (Å²) in [5.74, 6) is -0.962. The number of carbonyl (C=O) groups excluding carboxylic acids is 2. The fourth-order valence-corrected chi connectivity index (χ4v) is 3.68. The Hall–Kier alpha value is -3.15. The van der Waals surface area contributed by atoms with Crippen molar-refractivity contribution in [1.82, 2.24) is 5.32 Å². The van der Waals surface area contributed by atoms with E-state index < -0.39 is 5.97 Å². The van der Waals surface area contributed by atoms with Gasteiger partial charge in [0.1, 0.15) is 0 Å². The number of aromatic carboxylic acids is 1. The highest BCUT2D eigenvalue weighted by Crippen LogP contribution is 2.26. The van der Waals surface area contributed by atoms with Gasteiger partial charge in [-0.05, 0) is 48.6 Å². The van der Waals surface area contributed by atoms with Crippen LogP contribution in [-0.4, -0.2) is 22.9 Å². The maximum absolute atomic E-state index is 12.3. The number of amides is 2. The fraction of sp³-hybridized carbons (Fsp3) is 0.348. The molecule has 29 heavy (non-hydrogen) atoms. The normalized spacial score (nSPS) is 13.8. The van der Waals surface area contributed by atoms with Crippen molar-refractivity contribution < 1.29 is 19.5 Å². The second-order valence-corrected chi connectivity index (χ2v) is 7.41. The van der Waals surface area contributed by atoms with Crippen LogP contribution in [0.4, 0.5) is 5.69 Å². The van der Waals surface area contributed by atoms with Crippen LogP contribution in [0.15, 0.2) is 48.5 Å². The smallest absolute Gasteiger partial charge is 0.335 e. The first-order valence-corrected chi connectivity index (χ1v) is 10.0. The van der Waals surface area contributed by atoms with Crippen LogP contribution in [0.3, 0.4) is 0 Å². The van der Waals surface area contributed by atoms with Gasteiger partial charge in [-0.25, -0.2) is 4.79 Å². The average molecular weight is 394 g/mol. The molecule has 1 saturated carbocycles. The van der Waals surface area contributed by atoms with Crippen LogP contribution < -0.4 is 10.6 Å². The van der Waals surface area contributed by atoms with Crippen LogP contribution in [0, 0.1) is 5.92 Å². The molecule has 0 saturated heterocycles. The van der Waals surface area contributed by atoms with Crippen molar-refractivity contribution >= 4 is 23.5 Å². The minimum absolute atomic E-state index is 0.0702. The standard InChI is InChI=1S/C23H26N2O4/c26-21(13-12-17-7-3-4-11-20(17)23(28)29)24-15-16-6-5-10-19(14-16)25-22(27)18-8-1-2-9-18/h3-7,10-11,14,18H,1-2,8-9,12-13,15H2,(H,24,26)(H,25,27)(H,28,29). The van der Waals surface area contributed by atoms with Crippen molar-refractivity contribution in [3.63, 3.8) is 0 Å². The van der Waals surface area contributed by atoms with Gasteiger partial charge in [0.05, 0.1) is 5.56 Å². The zero-order chi connectivity index (χ0) is 20.6. The number of aryl methyl sites for hydroxylation is 1. The average Bonchev–Trinajstić information content (AvgIpc) is 3.26. The summed E-state index contributed by atoms with van der Waals surface area (Å²) in [5.41, 5.74) is 2.51. The number of carboxylic acid groups (broad SMARTS) is 1. The minimum Gasteiger partial charge on any atom is -0.478 e. The lowest BCUT2D eigenvalue weighted by atomic mass is 10.0. The SMILES string of the molecule is O=C(CCc1ccccc1C(=O)O)NCc1cccc(NC(=O)C2CCCC2)c1. The highest BCUT2D eigenvalue weighted by molar-refractivity contribution is 5.92. The van der Waals surface area contributed by atoms with Crippen LogP contribution in [0.1, 0.15) is 53.6 Å². The third-order valence-corrected chi connectivity index (χ3v) is 5.28. The Morgan fingerprint density at radius 1 is 1.00 bits per heavy atom. The zero-order valence-electron chi connectivity index (χ0n) is 16.3. The first-order chi connectivity index (χ1) is 14.0. The van der Waals surface area contributed by atoms with Gasteiger partial charge in [0.25, 0.3) is 0 Å². The van der Waals surface area contributed by atoms with E-state index in [4.69, 9.17) is 0 Å². The molecule has 0 spiro atoms. The molecule has 2 amide bonds. The summed E-state index contributed by atoms with van der Waals surface area (Å²) in [5, 5.41) is 15.0. The number of benzene rings is 2. The predicted molar refractivity (Wildman–Crippen MR) is 111 cm³/mol. The van der Waals surface area contributed by atoms with Gasteiger partial charge in [0.2, 0.25) is 11.8 Å². The van der Waals surface area contributed by atoms with Crippen molar-refractivity contribution in [2.24, 2.45) is 5.92 Å². The molecule has 0 bridgehead atoms. The minimum atomic E-state index is -0.988. The van der Waals surface area contributed by atoms with Gasteiger partial charge in [-0.15, -0.1) is 0 Å². The molecule has 0 aromatic heterocycles. The molecular formula is C23H26N2O4. The number of carbonyl (C=O) groups is 3. The molecule has 3 rings (SSSR count). The number of hydrogen-bond acceptors (Lipinski definition) is 3. The maximum Gasteiger partial charge on any atom is 0.335 e. The highest BCUT2D eigenvalue weighted by Gasteiger charge is 2.22. The Morgan fingerprint density at radius 2 is 1.76 bits per heavy atom. The molecule has 0 aliphatic heterocycles.